The smallest absolute Gasteiger partial charge is 0.234 e. The third-order valence-corrected chi connectivity index (χ3v) is 4.03. The van der Waals surface area contributed by atoms with Crippen LogP contribution in [0.25, 0.3) is 11.1 Å². The molecule has 0 bridgehead atoms. The standard InChI is InChI=1S/C17H18N2O/c1-17(2)14-9-13(7-8-15(14)19-16(17)20)12-5-3-11(10-18)4-6-12/h3-9H,10,18H2,1-2H3,(H,19,20). The summed E-state index contributed by atoms with van der Waals surface area (Å²) in [5.74, 6) is 0.0585. The van der Waals surface area contributed by atoms with Gasteiger partial charge in [0.25, 0.3) is 0 Å². The molecule has 0 atom stereocenters. The van der Waals surface area contributed by atoms with Crippen molar-refractivity contribution in [2.45, 2.75) is 25.8 Å². The van der Waals surface area contributed by atoms with Gasteiger partial charge in [-0.2, -0.15) is 0 Å². The van der Waals surface area contributed by atoms with Gasteiger partial charge >= 0.3 is 0 Å². The average Bonchev–Trinajstić information content (AvgIpc) is 2.69. The summed E-state index contributed by atoms with van der Waals surface area (Å²) < 4.78 is 0. The number of rotatable bonds is 2. The van der Waals surface area contributed by atoms with Crippen LogP contribution in [0.3, 0.4) is 0 Å². The third kappa shape index (κ3) is 1.91. The quantitative estimate of drug-likeness (QED) is 0.877. The summed E-state index contributed by atoms with van der Waals surface area (Å²) in [6.45, 7) is 4.46. The first-order chi connectivity index (χ1) is 9.52. The lowest BCUT2D eigenvalue weighted by molar-refractivity contribution is -0.119. The summed E-state index contributed by atoms with van der Waals surface area (Å²) in [5.41, 5.74) is 10.5. The third-order valence-electron chi connectivity index (χ3n) is 4.03. The number of anilines is 1. The van der Waals surface area contributed by atoms with E-state index in [-0.39, 0.29) is 5.91 Å². The molecule has 3 nitrogen and oxygen atoms in total. The lowest BCUT2D eigenvalue weighted by atomic mass is 9.84. The van der Waals surface area contributed by atoms with Crippen LogP contribution in [-0.4, -0.2) is 5.91 Å². The highest BCUT2D eigenvalue weighted by Gasteiger charge is 2.38. The molecule has 3 rings (SSSR count). The maximum atomic E-state index is 12.0. The first-order valence-corrected chi connectivity index (χ1v) is 6.78. The van der Waals surface area contributed by atoms with Crippen molar-refractivity contribution in [2.75, 3.05) is 5.32 Å². The van der Waals surface area contributed by atoms with E-state index in [9.17, 15) is 4.79 Å². The molecule has 0 saturated heterocycles. The van der Waals surface area contributed by atoms with Crippen molar-refractivity contribution in [1.82, 2.24) is 0 Å². The first-order valence-electron chi connectivity index (χ1n) is 6.78. The van der Waals surface area contributed by atoms with Gasteiger partial charge in [0, 0.05) is 12.2 Å². The molecule has 1 amide bonds. The number of carbonyl (C=O) groups is 1. The molecule has 2 aromatic rings. The minimum absolute atomic E-state index is 0.0585. The SMILES string of the molecule is CC1(C)C(=O)Nc2ccc(-c3ccc(CN)cc3)cc21. The summed E-state index contributed by atoms with van der Waals surface area (Å²) in [6, 6.07) is 14.3. The molecular weight excluding hydrogens is 248 g/mol. The Bertz CT molecular complexity index is 672. The van der Waals surface area contributed by atoms with Crippen molar-refractivity contribution in [3.05, 3.63) is 53.6 Å². The monoisotopic (exact) mass is 266 g/mol. The lowest BCUT2D eigenvalue weighted by Gasteiger charge is -2.16. The van der Waals surface area contributed by atoms with Crippen LogP contribution in [0.15, 0.2) is 42.5 Å². The highest BCUT2D eigenvalue weighted by atomic mass is 16.2. The molecule has 1 heterocycles. The van der Waals surface area contributed by atoms with E-state index in [0.717, 1.165) is 27.9 Å². The lowest BCUT2D eigenvalue weighted by Crippen LogP contribution is -2.26. The second kappa shape index (κ2) is 4.46. The molecule has 102 valence electrons. The second-order valence-electron chi connectivity index (χ2n) is 5.74. The molecule has 1 aliphatic heterocycles. The Morgan fingerprint density at radius 1 is 1.05 bits per heavy atom. The zero-order chi connectivity index (χ0) is 14.3. The summed E-state index contributed by atoms with van der Waals surface area (Å²) in [5, 5.41) is 2.93. The number of nitrogens with two attached hydrogens (primary N) is 1. The Hall–Kier alpha value is -2.13. The van der Waals surface area contributed by atoms with Crippen LogP contribution < -0.4 is 11.1 Å². The average molecular weight is 266 g/mol. The van der Waals surface area contributed by atoms with Gasteiger partial charge in [0.2, 0.25) is 5.91 Å². The number of nitrogens with one attached hydrogen (secondary N) is 1. The van der Waals surface area contributed by atoms with E-state index in [1.54, 1.807) is 0 Å². The first kappa shape index (κ1) is 12.9. The minimum atomic E-state index is -0.470. The fourth-order valence-corrected chi connectivity index (χ4v) is 2.58. The van der Waals surface area contributed by atoms with E-state index in [1.165, 1.54) is 0 Å². The van der Waals surface area contributed by atoms with E-state index in [2.05, 4.69) is 23.5 Å². The molecule has 0 fully saturated rings. The molecule has 2 aromatic carbocycles. The molecule has 0 unspecified atom stereocenters. The van der Waals surface area contributed by atoms with E-state index < -0.39 is 5.41 Å². The van der Waals surface area contributed by atoms with E-state index in [1.807, 2.05) is 38.1 Å². The van der Waals surface area contributed by atoms with E-state index in [4.69, 9.17) is 5.73 Å². The molecule has 1 aliphatic rings. The van der Waals surface area contributed by atoms with Crippen molar-refractivity contribution in [2.24, 2.45) is 5.73 Å². The molecule has 0 radical (unpaired) electrons. The van der Waals surface area contributed by atoms with Crippen LogP contribution in [0.4, 0.5) is 5.69 Å². The van der Waals surface area contributed by atoms with Gasteiger partial charge in [-0.1, -0.05) is 30.3 Å². The normalized spacial score (nSPS) is 15.8. The number of hydrogen-bond donors (Lipinski definition) is 2. The van der Waals surface area contributed by atoms with Crippen molar-refractivity contribution in [3.8, 4) is 11.1 Å². The Kier molecular flexibility index (Phi) is 2.87. The van der Waals surface area contributed by atoms with Crippen LogP contribution in [-0.2, 0) is 16.8 Å². The Labute approximate surface area is 118 Å². The Morgan fingerprint density at radius 2 is 1.70 bits per heavy atom. The summed E-state index contributed by atoms with van der Waals surface area (Å²) in [6.07, 6.45) is 0. The number of carbonyl (C=O) groups excluding carboxylic acids is 1. The van der Waals surface area contributed by atoms with Gasteiger partial charge in [0.1, 0.15) is 0 Å². The molecule has 0 spiro atoms. The van der Waals surface area contributed by atoms with Crippen LogP contribution in [0, 0.1) is 0 Å². The molecular formula is C17H18N2O. The Morgan fingerprint density at radius 3 is 2.35 bits per heavy atom. The summed E-state index contributed by atoms with van der Waals surface area (Å²) >= 11 is 0. The molecule has 20 heavy (non-hydrogen) atoms. The maximum absolute atomic E-state index is 12.0. The summed E-state index contributed by atoms with van der Waals surface area (Å²) in [4.78, 5) is 12.0. The molecule has 0 aromatic heterocycles. The molecule has 0 saturated carbocycles. The van der Waals surface area contributed by atoms with Gasteiger partial charge in [0.05, 0.1) is 5.41 Å². The zero-order valence-electron chi connectivity index (χ0n) is 11.7. The topological polar surface area (TPSA) is 55.1 Å². The van der Waals surface area contributed by atoms with Crippen molar-refractivity contribution in [1.29, 1.82) is 0 Å². The number of fused-ring (bicyclic) bond motifs is 1. The Balaban J connectivity index is 2.05. The van der Waals surface area contributed by atoms with Crippen LogP contribution >= 0.6 is 0 Å². The van der Waals surface area contributed by atoms with Gasteiger partial charge in [-0.3, -0.25) is 4.79 Å². The zero-order valence-corrected chi connectivity index (χ0v) is 11.7. The molecule has 3 N–H and O–H groups in total. The van der Waals surface area contributed by atoms with Gasteiger partial charge < -0.3 is 11.1 Å². The number of amides is 1. The van der Waals surface area contributed by atoms with Gasteiger partial charge in [-0.25, -0.2) is 0 Å². The van der Waals surface area contributed by atoms with Gasteiger partial charge in [0.15, 0.2) is 0 Å². The van der Waals surface area contributed by atoms with Crippen LogP contribution in [0.2, 0.25) is 0 Å². The predicted octanol–water partition coefficient (Wildman–Crippen LogP) is 3.04. The van der Waals surface area contributed by atoms with Gasteiger partial charge in [-0.05, 0) is 48.2 Å². The molecule has 3 heteroatoms. The van der Waals surface area contributed by atoms with E-state index >= 15 is 0 Å². The summed E-state index contributed by atoms with van der Waals surface area (Å²) in [7, 11) is 0. The highest BCUT2D eigenvalue weighted by Crippen LogP contribution is 2.39. The largest absolute Gasteiger partial charge is 0.326 e. The maximum Gasteiger partial charge on any atom is 0.234 e. The van der Waals surface area contributed by atoms with Crippen molar-refractivity contribution < 1.29 is 4.79 Å². The second-order valence-corrected chi connectivity index (χ2v) is 5.74. The van der Waals surface area contributed by atoms with Crippen LogP contribution in [0.5, 0.6) is 0 Å². The van der Waals surface area contributed by atoms with Gasteiger partial charge in [-0.15, -0.1) is 0 Å². The van der Waals surface area contributed by atoms with Crippen molar-refractivity contribution in [3.63, 3.8) is 0 Å². The highest BCUT2D eigenvalue weighted by molar-refractivity contribution is 6.06. The number of benzene rings is 2. The fraction of sp³-hybridized carbons (Fsp3) is 0.235. The van der Waals surface area contributed by atoms with Crippen LogP contribution in [0.1, 0.15) is 25.0 Å². The number of hydrogen-bond acceptors (Lipinski definition) is 2. The van der Waals surface area contributed by atoms with E-state index in [0.29, 0.717) is 6.54 Å². The molecule has 0 aliphatic carbocycles. The van der Waals surface area contributed by atoms with Crippen molar-refractivity contribution >= 4 is 11.6 Å². The fourth-order valence-electron chi connectivity index (χ4n) is 2.58. The minimum Gasteiger partial charge on any atom is -0.326 e. The predicted molar refractivity (Wildman–Crippen MR) is 81.4 cm³/mol.